The van der Waals surface area contributed by atoms with Crippen molar-refractivity contribution in [1.29, 1.82) is 0 Å². The Morgan fingerprint density at radius 3 is 2.68 bits per heavy atom. The van der Waals surface area contributed by atoms with Crippen LogP contribution in [-0.4, -0.2) is 15.9 Å². The van der Waals surface area contributed by atoms with Gasteiger partial charge in [0.25, 0.3) is 5.91 Å². The summed E-state index contributed by atoms with van der Waals surface area (Å²) < 4.78 is 37.6. The Morgan fingerprint density at radius 1 is 1.36 bits per heavy atom. The van der Waals surface area contributed by atoms with E-state index in [2.05, 4.69) is 15.3 Å². The number of pyridine rings is 2. The van der Waals surface area contributed by atoms with Crippen LogP contribution in [-0.2, 0) is 12.7 Å². The number of nitrogens with one attached hydrogen (secondary N) is 1. The Bertz CT molecular complexity index is 704. The molecule has 0 unspecified atom stereocenters. The van der Waals surface area contributed by atoms with Crippen molar-refractivity contribution in [2.24, 2.45) is 0 Å². The summed E-state index contributed by atoms with van der Waals surface area (Å²) in [5, 5.41) is 1.97. The third-order valence-electron chi connectivity index (χ3n) is 2.96. The Morgan fingerprint density at radius 2 is 2.09 bits per heavy atom. The van der Waals surface area contributed by atoms with Gasteiger partial charge in [-0.25, -0.2) is 4.98 Å². The predicted octanol–water partition coefficient (Wildman–Crippen LogP) is 3.39. The van der Waals surface area contributed by atoms with Gasteiger partial charge >= 0.3 is 6.18 Å². The zero-order valence-corrected chi connectivity index (χ0v) is 12.2. The van der Waals surface area contributed by atoms with Crippen molar-refractivity contribution in [2.75, 3.05) is 0 Å². The van der Waals surface area contributed by atoms with Gasteiger partial charge in [-0.15, -0.1) is 0 Å². The number of halogens is 4. The van der Waals surface area contributed by atoms with Crippen LogP contribution in [0.1, 0.15) is 27.2 Å². The Kier molecular flexibility index (Phi) is 4.65. The summed E-state index contributed by atoms with van der Waals surface area (Å²) in [6.45, 7) is 2.07. The van der Waals surface area contributed by atoms with Gasteiger partial charge in [-0.05, 0) is 30.2 Å². The first-order valence-electron chi connectivity index (χ1n) is 6.19. The topological polar surface area (TPSA) is 54.9 Å². The van der Waals surface area contributed by atoms with Crippen LogP contribution in [0.15, 0.2) is 30.7 Å². The molecule has 116 valence electrons. The minimum atomic E-state index is -4.65. The van der Waals surface area contributed by atoms with E-state index in [4.69, 9.17) is 11.6 Å². The molecule has 0 aliphatic carbocycles. The maximum Gasteiger partial charge on any atom is 0.434 e. The number of carbonyl (C=O) groups excluding carboxylic acids is 1. The van der Waals surface area contributed by atoms with Crippen LogP contribution in [0.2, 0.25) is 5.02 Å². The standard InChI is InChI=1S/C14H11ClF3N3O/c1-8-2-3-19-5-10(8)7-21-13(22)9-4-11(15)12(20-6-9)14(16,17)18/h2-6H,7H2,1H3,(H,21,22). The smallest absolute Gasteiger partial charge is 0.348 e. The summed E-state index contributed by atoms with van der Waals surface area (Å²) in [5.41, 5.74) is 0.494. The monoisotopic (exact) mass is 329 g/mol. The van der Waals surface area contributed by atoms with Crippen molar-refractivity contribution < 1.29 is 18.0 Å². The van der Waals surface area contributed by atoms with Crippen molar-refractivity contribution in [1.82, 2.24) is 15.3 Å². The second-order valence-electron chi connectivity index (χ2n) is 4.54. The molecule has 22 heavy (non-hydrogen) atoms. The van der Waals surface area contributed by atoms with Crippen molar-refractivity contribution in [3.05, 3.63) is 58.1 Å². The van der Waals surface area contributed by atoms with E-state index in [0.717, 1.165) is 23.4 Å². The molecule has 2 aromatic heterocycles. The van der Waals surface area contributed by atoms with Gasteiger partial charge in [0.2, 0.25) is 0 Å². The molecular formula is C14H11ClF3N3O. The highest BCUT2D eigenvalue weighted by Gasteiger charge is 2.35. The number of hydrogen-bond donors (Lipinski definition) is 1. The van der Waals surface area contributed by atoms with Gasteiger partial charge in [0.05, 0.1) is 10.6 Å². The van der Waals surface area contributed by atoms with Crippen LogP contribution in [0.25, 0.3) is 0 Å². The average Bonchev–Trinajstić information content (AvgIpc) is 2.44. The molecule has 0 spiro atoms. The van der Waals surface area contributed by atoms with Crippen molar-refractivity contribution in [3.8, 4) is 0 Å². The molecule has 0 saturated carbocycles. The molecule has 0 aliphatic heterocycles. The second-order valence-corrected chi connectivity index (χ2v) is 4.94. The van der Waals surface area contributed by atoms with Gasteiger partial charge in [0.15, 0.2) is 5.69 Å². The summed E-state index contributed by atoms with van der Waals surface area (Å²) in [6, 6.07) is 2.74. The van der Waals surface area contributed by atoms with Gasteiger partial charge in [-0.2, -0.15) is 13.2 Å². The van der Waals surface area contributed by atoms with E-state index in [-0.39, 0.29) is 12.1 Å². The summed E-state index contributed by atoms with van der Waals surface area (Å²) in [7, 11) is 0. The minimum absolute atomic E-state index is 0.0421. The SMILES string of the molecule is Cc1ccncc1CNC(=O)c1cnc(C(F)(F)F)c(Cl)c1. The molecule has 0 aromatic carbocycles. The fourth-order valence-corrected chi connectivity index (χ4v) is 2.00. The normalized spacial score (nSPS) is 11.3. The van der Waals surface area contributed by atoms with Crippen LogP contribution in [0.3, 0.4) is 0 Å². The van der Waals surface area contributed by atoms with Crippen LogP contribution in [0.5, 0.6) is 0 Å². The van der Waals surface area contributed by atoms with Gasteiger partial charge < -0.3 is 5.32 Å². The fraction of sp³-hybridized carbons (Fsp3) is 0.214. The number of rotatable bonds is 3. The fourth-order valence-electron chi connectivity index (χ4n) is 1.73. The molecule has 0 radical (unpaired) electrons. The third-order valence-corrected chi connectivity index (χ3v) is 3.25. The lowest BCUT2D eigenvalue weighted by Gasteiger charge is -2.10. The number of aromatic nitrogens is 2. The summed E-state index contributed by atoms with van der Waals surface area (Å²) in [4.78, 5) is 19.1. The minimum Gasteiger partial charge on any atom is -0.348 e. The molecule has 0 fully saturated rings. The number of carbonyl (C=O) groups is 1. The van der Waals surface area contributed by atoms with Gasteiger partial charge in [-0.3, -0.25) is 9.78 Å². The van der Waals surface area contributed by atoms with E-state index in [1.165, 1.54) is 0 Å². The Balaban J connectivity index is 2.11. The largest absolute Gasteiger partial charge is 0.434 e. The van der Waals surface area contributed by atoms with Crippen LogP contribution < -0.4 is 5.32 Å². The van der Waals surface area contributed by atoms with Crippen LogP contribution in [0.4, 0.5) is 13.2 Å². The number of hydrogen-bond acceptors (Lipinski definition) is 3. The number of alkyl halides is 3. The predicted molar refractivity (Wildman–Crippen MR) is 74.4 cm³/mol. The quantitative estimate of drug-likeness (QED) is 0.939. The molecule has 0 bridgehead atoms. The molecule has 0 saturated heterocycles. The first-order chi connectivity index (χ1) is 10.3. The molecule has 1 amide bonds. The zero-order chi connectivity index (χ0) is 16.3. The molecule has 4 nitrogen and oxygen atoms in total. The highest BCUT2D eigenvalue weighted by molar-refractivity contribution is 6.31. The summed E-state index contributed by atoms with van der Waals surface area (Å²) in [6.07, 6.45) is -0.577. The third kappa shape index (κ3) is 3.73. The van der Waals surface area contributed by atoms with Crippen LogP contribution in [0, 0.1) is 6.92 Å². The lowest BCUT2D eigenvalue weighted by molar-refractivity contribution is -0.141. The highest BCUT2D eigenvalue weighted by atomic mass is 35.5. The number of nitrogens with zero attached hydrogens (tertiary/aromatic N) is 2. The molecule has 8 heteroatoms. The molecule has 1 N–H and O–H groups in total. The van der Waals surface area contributed by atoms with E-state index >= 15 is 0 Å². The lowest BCUT2D eigenvalue weighted by Crippen LogP contribution is -2.24. The maximum absolute atomic E-state index is 12.5. The first-order valence-corrected chi connectivity index (χ1v) is 6.57. The molecule has 2 heterocycles. The van der Waals surface area contributed by atoms with Crippen molar-refractivity contribution in [3.63, 3.8) is 0 Å². The maximum atomic E-state index is 12.5. The summed E-state index contributed by atoms with van der Waals surface area (Å²) >= 11 is 5.53. The Labute approximate surface area is 129 Å². The molecular weight excluding hydrogens is 319 g/mol. The molecule has 0 aliphatic rings. The molecule has 0 atom stereocenters. The number of aryl methyl sites for hydroxylation is 1. The first kappa shape index (κ1) is 16.2. The van der Waals surface area contributed by atoms with Crippen LogP contribution >= 0.6 is 11.6 Å². The van der Waals surface area contributed by atoms with E-state index in [1.807, 2.05) is 6.92 Å². The van der Waals surface area contributed by atoms with Crippen molar-refractivity contribution >= 4 is 17.5 Å². The van der Waals surface area contributed by atoms with Crippen molar-refractivity contribution in [2.45, 2.75) is 19.6 Å². The average molecular weight is 330 g/mol. The second kappa shape index (κ2) is 6.31. The number of amides is 1. The summed E-state index contributed by atoms with van der Waals surface area (Å²) in [5.74, 6) is -0.564. The van der Waals surface area contributed by atoms with E-state index in [1.54, 1.807) is 18.5 Å². The Hall–Kier alpha value is -2.15. The lowest BCUT2D eigenvalue weighted by atomic mass is 10.1. The molecule has 2 aromatic rings. The van der Waals surface area contributed by atoms with E-state index in [0.29, 0.717) is 0 Å². The van der Waals surface area contributed by atoms with E-state index in [9.17, 15) is 18.0 Å². The zero-order valence-electron chi connectivity index (χ0n) is 11.4. The highest BCUT2D eigenvalue weighted by Crippen LogP contribution is 2.33. The van der Waals surface area contributed by atoms with Gasteiger partial charge in [0.1, 0.15) is 0 Å². The van der Waals surface area contributed by atoms with Gasteiger partial charge in [0, 0.05) is 25.1 Å². The van der Waals surface area contributed by atoms with Gasteiger partial charge in [-0.1, -0.05) is 11.6 Å². The molecule has 2 rings (SSSR count). The van der Waals surface area contributed by atoms with E-state index < -0.39 is 22.8 Å².